The monoisotopic (exact) mass is 189 g/mol. The first kappa shape index (κ1) is 12.4. The van der Waals surface area contributed by atoms with Crippen LogP contribution in [-0.2, 0) is 9.53 Å². The van der Waals surface area contributed by atoms with Crippen LogP contribution in [0.2, 0.25) is 0 Å². The van der Waals surface area contributed by atoms with Gasteiger partial charge in [-0.25, -0.2) is 0 Å². The second-order valence-corrected chi connectivity index (χ2v) is 2.72. The van der Waals surface area contributed by atoms with E-state index in [-0.39, 0.29) is 18.1 Å². The number of rotatable bonds is 1. The molecule has 4 heteroatoms. The summed E-state index contributed by atoms with van der Waals surface area (Å²) >= 11 is 0. The van der Waals surface area contributed by atoms with Gasteiger partial charge < -0.3 is 15.2 Å². The van der Waals surface area contributed by atoms with E-state index in [2.05, 4.69) is 10.1 Å². The van der Waals surface area contributed by atoms with Gasteiger partial charge in [0, 0.05) is 6.54 Å². The van der Waals surface area contributed by atoms with E-state index >= 15 is 0 Å². The predicted octanol–water partition coefficient (Wildman–Crippen LogP) is 0.299. The summed E-state index contributed by atoms with van der Waals surface area (Å²) < 4.78 is 4.54. The minimum atomic E-state index is -0.309. The molecule has 0 aromatic rings. The molecule has 0 bridgehead atoms. The maximum atomic E-state index is 10.9. The van der Waals surface area contributed by atoms with E-state index in [9.17, 15) is 4.79 Å². The highest BCUT2D eigenvalue weighted by Crippen LogP contribution is 2.08. The van der Waals surface area contributed by atoms with E-state index in [0.717, 1.165) is 0 Å². The van der Waals surface area contributed by atoms with E-state index in [4.69, 9.17) is 5.11 Å². The Bertz CT molecular complexity index is 142. The summed E-state index contributed by atoms with van der Waals surface area (Å²) in [5.74, 6) is -0.239. The van der Waals surface area contributed by atoms with Gasteiger partial charge in [-0.2, -0.15) is 0 Å². The smallest absolute Gasteiger partial charge is 0.322 e. The summed E-state index contributed by atoms with van der Waals surface area (Å²) in [6, 6.07) is -0.219. The number of β-amino-alcohol motifs (C(OH)–C–C–N with tert-alkyl or cyclic N) is 1. The Hall–Kier alpha value is -0.610. The summed E-state index contributed by atoms with van der Waals surface area (Å²) in [5.41, 5.74) is 0. The van der Waals surface area contributed by atoms with Gasteiger partial charge in [0.1, 0.15) is 6.04 Å². The van der Waals surface area contributed by atoms with Crippen LogP contribution < -0.4 is 5.32 Å². The predicted molar refractivity (Wildman–Crippen MR) is 50.4 cm³/mol. The normalized spacial score (nSPS) is 27.1. The van der Waals surface area contributed by atoms with Gasteiger partial charge in [-0.05, 0) is 12.8 Å². The third-order valence-electron chi connectivity index (χ3n) is 1.87. The van der Waals surface area contributed by atoms with Crippen LogP contribution in [0.3, 0.4) is 0 Å². The summed E-state index contributed by atoms with van der Waals surface area (Å²) in [6.45, 7) is 4.49. The van der Waals surface area contributed by atoms with Crippen molar-refractivity contribution < 1.29 is 14.6 Å². The minimum Gasteiger partial charge on any atom is -0.468 e. The SMILES string of the molecule is CC.COC(=O)C1CCC(O)CN1. The van der Waals surface area contributed by atoms with Crippen molar-refractivity contribution >= 4 is 5.97 Å². The lowest BCUT2D eigenvalue weighted by atomic mass is 10.0. The van der Waals surface area contributed by atoms with Gasteiger partial charge in [-0.1, -0.05) is 13.8 Å². The fourth-order valence-corrected chi connectivity index (χ4v) is 1.18. The van der Waals surface area contributed by atoms with Crippen molar-refractivity contribution in [2.75, 3.05) is 13.7 Å². The van der Waals surface area contributed by atoms with E-state index in [1.165, 1.54) is 7.11 Å². The average molecular weight is 189 g/mol. The van der Waals surface area contributed by atoms with Gasteiger partial charge in [-0.15, -0.1) is 0 Å². The maximum absolute atomic E-state index is 10.9. The highest BCUT2D eigenvalue weighted by atomic mass is 16.5. The molecule has 0 aromatic heterocycles. The van der Waals surface area contributed by atoms with Crippen molar-refractivity contribution in [3.8, 4) is 0 Å². The Labute approximate surface area is 79.3 Å². The van der Waals surface area contributed by atoms with Crippen LogP contribution in [0.25, 0.3) is 0 Å². The Balaban J connectivity index is 0.000000671. The van der Waals surface area contributed by atoms with Gasteiger partial charge in [0.2, 0.25) is 0 Å². The summed E-state index contributed by atoms with van der Waals surface area (Å²) in [6.07, 6.45) is 1.02. The van der Waals surface area contributed by atoms with Crippen molar-refractivity contribution in [3.63, 3.8) is 0 Å². The van der Waals surface area contributed by atoms with Crippen molar-refractivity contribution in [1.29, 1.82) is 0 Å². The largest absolute Gasteiger partial charge is 0.468 e. The number of carbonyl (C=O) groups is 1. The molecule has 78 valence electrons. The molecule has 1 aliphatic heterocycles. The van der Waals surface area contributed by atoms with E-state index in [1.54, 1.807) is 0 Å². The number of methoxy groups -OCH3 is 1. The number of aliphatic hydroxyl groups excluding tert-OH is 1. The third kappa shape index (κ3) is 4.24. The average Bonchev–Trinajstić information content (AvgIpc) is 2.21. The van der Waals surface area contributed by atoms with Gasteiger partial charge in [-0.3, -0.25) is 4.79 Å². The topological polar surface area (TPSA) is 58.6 Å². The number of carbonyl (C=O) groups excluding carboxylic acids is 1. The van der Waals surface area contributed by atoms with E-state index in [0.29, 0.717) is 19.4 Å². The van der Waals surface area contributed by atoms with Gasteiger partial charge in [0.05, 0.1) is 13.2 Å². The maximum Gasteiger partial charge on any atom is 0.322 e. The minimum absolute atomic E-state index is 0.219. The number of nitrogens with one attached hydrogen (secondary N) is 1. The molecule has 2 unspecified atom stereocenters. The molecular formula is C9H19NO3. The molecule has 2 N–H and O–H groups in total. The quantitative estimate of drug-likeness (QED) is 0.582. The first-order chi connectivity index (χ1) is 6.24. The fraction of sp³-hybridized carbons (Fsp3) is 0.889. The Morgan fingerprint density at radius 3 is 2.46 bits per heavy atom. The second-order valence-electron chi connectivity index (χ2n) is 2.72. The summed E-state index contributed by atoms with van der Waals surface area (Å²) in [5, 5.41) is 12.0. The second kappa shape index (κ2) is 6.86. The van der Waals surface area contributed by atoms with Crippen LogP contribution in [0, 0.1) is 0 Å². The third-order valence-corrected chi connectivity index (χ3v) is 1.87. The molecule has 13 heavy (non-hydrogen) atoms. The number of esters is 1. The van der Waals surface area contributed by atoms with Crippen LogP contribution >= 0.6 is 0 Å². The summed E-state index contributed by atoms with van der Waals surface area (Å²) in [7, 11) is 1.37. The molecule has 0 radical (unpaired) electrons. The van der Waals surface area contributed by atoms with Crippen molar-refractivity contribution in [2.45, 2.75) is 38.8 Å². The zero-order valence-electron chi connectivity index (χ0n) is 8.54. The van der Waals surface area contributed by atoms with Crippen LogP contribution in [0.4, 0.5) is 0 Å². The Morgan fingerprint density at radius 1 is 1.46 bits per heavy atom. The molecule has 2 atom stereocenters. The molecule has 0 amide bonds. The number of hydrogen-bond donors (Lipinski definition) is 2. The van der Waals surface area contributed by atoms with Crippen LogP contribution in [0.1, 0.15) is 26.7 Å². The lowest BCUT2D eigenvalue weighted by molar-refractivity contribution is -0.144. The molecule has 0 saturated carbocycles. The first-order valence-corrected chi connectivity index (χ1v) is 4.73. The molecule has 1 rings (SSSR count). The summed E-state index contributed by atoms with van der Waals surface area (Å²) in [4.78, 5) is 10.9. The fourth-order valence-electron chi connectivity index (χ4n) is 1.18. The molecule has 0 spiro atoms. The zero-order valence-corrected chi connectivity index (χ0v) is 8.54. The molecule has 0 aliphatic carbocycles. The number of hydrogen-bond acceptors (Lipinski definition) is 4. The molecule has 0 aromatic carbocycles. The lowest BCUT2D eigenvalue weighted by Crippen LogP contribution is -2.46. The Kier molecular flexibility index (Phi) is 6.54. The standard InChI is InChI=1S/C7H13NO3.C2H6/c1-11-7(10)6-3-2-5(9)4-8-6;1-2/h5-6,8-9H,2-4H2,1H3;1-2H3. The number of ether oxygens (including phenoxy) is 1. The van der Waals surface area contributed by atoms with Crippen molar-refractivity contribution in [2.24, 2.45) is 0 Å². The number of aliphatic hydroxyl groups is 1. The molecule has 1 heterocycles. The highest BCUT2D eigenvalue weighted by molar-refractivity contribution is 5.75. The highest BCUT2D eigenvalue weighted by Gasteiger charge is 2.24. The number of piperidine rings is 1. The van der Waals surface area contributed by atoms with Gasteiger partial charge in [0.25, 0.3) is 0 Å². The van der Waals surface area contributed by atoms with Crippen molar-refractivity contribution in [1.82, 2.24) is 5.32 Å². The molecular weight excluding hydrogens is 170 g/mol. The van der Waals surface area contributed by atoms with Crippen molar-refractivity contribution in [3.05, 3.63) is 0 Å². The van der Waals surface area contributed by atoms with Gasteiger partial charge in [0.15, 0.2) is 0 Å². The van der Waals surface area contributed by atoms with Crippen LogP contribution in [0.5, 0.6) is 0 Å². The molecule has 1 aliphatic rings. The zero-order chi connectivity index (χ0) is 10.3. The Morgan fingerprint density at radius 2 is 2.08 bits per heavy atom. The van der Waals surface area contributed by atoms with E-state index in [1.807, 2.05) is 13.8 Å². The molecule has 4 nitrogen and oxygen atoms in total. The van der Waals surface area contributed by atoms with Crippen LogP contribution in [0.15, 0.2) is 0 Å². The molecule has 1 saturated heterocycles. The van der Waals surface area contributed by atoms with E-state index < -0.39 is 0 Å². The van der Waals surface area contributed by atoms with Gasteiger partial charge >= 0.3 is 5.97 Å². The molecule has 1 fully saturated rings. The van der Waals surface area contributed by atoms with Crippen LogP contribution in [-0.4, -0.2) is 36.9 Å². The lowest BCUT2D eigenvalue weighted by Gasteiger charge is -2.24. The first-order valence-electron chi connectivity index (χ1n) is 4.73.